The number of carbonyl (C=O) groups is 2. The lowest BCUT2D eigenvalue weighted by Gasteiger charge is -2.04. The van der Waals surface area contributed by atoms with Crippen LogP contribution in [0.1, 0.15) is 15.9 Å². The molecule has 2 N–H and O–H groups in total. The van der Waals surface area contributed by atoms with Crippen molar-refractivity contribution in [3.63, 3.8) is 0 Å². The molecule has 0 unspecified atom stereocenters. The number of hydrazone groups is 1. The Labute approximate surface area is 138 Å². The van der Waals surface area contributed by atoms with Gasteiger partial charge in [0.2, 0.25) is 0 Å². The van der Waals surface area contributed by atoms with Gasteiger partial charge in [0.15, 0.2) is 0 Å². The van der Waals surface area contributed by atoms with E-state index in [1.54, 1.807) is 6.08 Å². The topological polar surface area (TPSA) is 70.6 Å². The van der Waals surface area contributed by atoms with Crippen LogP contribution in [-0.4, -0.2) is 24.6 Å². The Kier molecular flexibility index (Phi) is 6.40. The quantitative estimate of drug-likeness (QED) is 0.632. The van der Waals surface area contributed by atoms with Gasteiger partial charge in [0.1, 0.15) is 5.82 Å². The molecule has 5 nitrogen and oxygen atoms in total. The normalized spacial score (nSPS) is 10.9. The number of rotatable bonds is 6. The molecule has 0 aliphatic rings. The number of carbonyl (C=O) groups excluding carboxylic acids is 2. The van der Waals surface area contributed by atoms with E-state index in [4.69, 9.17) is 0 Å². The van der Waals surface area contributed by atoms with Crippen LogP contribution >= 0.6 is 0 Å². The zero-order valence-electron chi connectivity index (χ0n) is 12.8. The van der Waals surface area contributed by atoms with E-state index < -0.39 is 17.6 Å². The van der Waals surface area contributed by atoms with Crippen molar-refractivity contribution in [3.05, 3.63) is 77.6 Å². The predicted molar refractivity (Wildman–Crippen MR) is 90.8 cm³/mol. The van der Waals surface area contributed by atoms with Crippen molar-refractivity contribution < 1.29 is 14.0 Å². The van der Waals surface area contributed by atoms with Crippen LogP contribution in [0.25, 0.3) is 6.08 Å². The van der Waals surface area contributed by atoms with E-state index >= 15 is 0 Å². The van der Waals surface area contributed by atoms with Gasteiger partial charge in [-0.3, -0.25) is 9.59 Å². The predicted octanol–water partition coefficient (Wildman–Crippen LogP) is 2.37. The monoisotopic (exact) mass is 325 g/mol. The molecule has 0 saturated carbocycles. The molecule has 0 aliphatic carbocycles. The highest BCUT2D eigenvalue weighted by Crippen LogP contribution is 2.02. The van der Waals surface area contributed by atoms with Crippen molar-refractivity contribution >= 4 is 24.1 Å². The van der Waals surface area contributed by atoms with Crippen molar-refractivity contribution in [1.29, 1.82) is 0 Å². The van der Waals surface area contributed by atoms with E-state index in [2.05, 4.69) is 15.8 Å². The SMILES string of the molecule is O=C(CNC(=O)c1cccc(F)c1)N/N=C\C=C\c1ccccc1. The van der Waals surface area contributed by atoms with Gasteiger partial charge in [-0.05, 0) is 29.8 Å². The van der Waals surface area contributed by atoms with E-state index in [0.717, 1.165) is 11.6 Å². The van der Waals surface area contributed by atoms with Crippen molar-refractivity contribution in [2.45, 2.75) is 0 Å². The van der Waals surface area contributed by atoms with Crippen molar-refractivity contribution in [1.82, 2.24) is 10.7 Å². The average molecular weight is 325 g/mol. The van der Waals surface area contributed by atoms with Crippen LogP contribution in [0.15, 0.2) is 65.8 Å². The molecule has 0 aromatic heterocycles. The molecule has 0 bridgehead atoms. The third-order valence-electron chi connectivity index (χ3n) is 2.93. The minimum absolute atomic E-state index is 0.150. The van der Waals surface area contributed by atoms with Crippen LogP contribution < -0.4 is 10.7 Å². The first-order valence-electron chi connectivity index (χ1n) is 7.22. The number of amides is 2. The average Bonchev–Trinajstić information content (AvgIpc) is 2.60. The molecule has 2 aromatic rings. The molecule has 0 fully saturated rings. The smallest absolute Gasteiger partial charge is 0.259 e. The number of hydrogen-bond acceptors (Lipinski definition) is 3. The van der Waals surface area contributed by atoms with Crippen LogP contribution in [0.2, 0.25) is 0 Å². The molecule has 0 heterocycles. The second-order valence-corrected chi connectivity index (χ2v) is 4.78. The van der Waals surface area contributed by atoms with E-state index in [-0.39, 0.29) is 12.1 Å². The number of nitrogens with zero attached hydrogens (tertiary/aromatic N) is 1. The third kappa shape index (κ3) is 5.84. The molecule has 0 radical (unpaired) electrons. The van der Waals surface area contributed by atoms with Gasteiger partial charge < -0.3 is 5.32 Å². The second kappa shape index (κ2) is 8.99. The zero-order valence-corrected chi connectivity index (χ0v) is 12.8. The maximum Gasteiger partial charge on any atom is 0.259 e. The minimum Gasteiger partial charge on any atom is -0.343 e. The van der Waals surface area contributed by atoms with Crippen LogP contribution in [-0.2, 0) is 4.79 Å². The minimum atomic E-state index is -0.530. The first-order chi connectivity index (χ1) is 11.6. The molecule has 24 heavy (non-hydrogen) atoms. The van der Waals surface area contributed by atoms with E-state index in [1.165, 1.54) is 24.4 Å². The van der Waals surface area contributed by atoms with E-state index in [9.17, 15) is 14.0 Å². The highest BCUT2D eigenvalue weighted by Gasteiger charge is 2.07. The molecular weight excluding hydrogens is 309 g/mol. The molecule has 2 aromatic carbocycles. The number of allylic oxidation sites excluding steroid dienone is 1. The summed E-state index contributed by atoms with van der Waals surface area (Å²) in [6.07, 6.45) is 4.95. The van der Waals surface area contributed by atoms with Gasteiger partial charge >= 0.3 is 0 Å². The van der Waals surface area contributed by atoms with Crippen molar-refractivity contribution in [2.75, 3.05) is 6.54 Å². The van der Waals surface area contributed by atoms with Gasteiger partial charge in [-0.2, -0.15) is 5.10 Å². The Morgan fingerprint density at radius 3 is 2.62 bits per heavy atom. The van der Waals surface area contributed by atoms with Gasteiger partial charge in [0, 0.05) is 11.8 Å². The van der Waals surface area contributed by atoms with Crippen LogP contribution in [0.3, 0.4) is 0 Å². The Bertz CT molecular complexity index is 758. The molecule has 2 amide bonds. The summed E-state index contributed by atoms with van der Waals surface area (Å²) < 4.78 is 13.0. The molecule has 0 saturated heterocycles. The lowest BCUT2D eigenvalue weighted by atomic mass is 10.2. The van der Waals surface area contributed by atoms with Crippen LogP contribution in [0, 0.1) is 5.82 Å². The molecule has 6 heteroatoms. The third-order valence-corrected chi connectivity index (χ3v) is 2.93. The number of benzene rings is 2. The van der Waals surface area contributed by atoms with Crippen LogP contribution in [0.4, 0.5) is 4.39 Å². The Balaban J connectivity index is 1.72. The largest absolute Gasteiger partial charge is 0.343 e. The van der Waals surface area contributed by atoms with Gasteiger partial charge in [-0.25, -0.2) is 9.82 Å². The summed E-state index contributed by atoms with van der Waals surface area (Å²) in [5, 5.41) is 6.11. The summed E-state index contributed by atoms with van der Waals surface area (Å²) >= 11 is 0. The fraction of sp³-hybridized carbons (Fsp3) is 0.0556. The Morgan fingerprint density at radius 1 is 1.08 bits per heavy atom. The van der Waals surface area contributed by atoms with Crippen molar-refractivity contribution in [3.8, 4) is 0 Å². The highest BCUT2D eigenvalue weighted by atomic mass is 19.1. The molecule has 122 valence electrons. The Hall–Kier alpha value is -3.28. The van der Waals surface area contributed by atoms with Gasteiger partial charge in [0.05, 0.1) is 6.54 Å². The van der Waals surface area contributed by atoms with E-state index in [0.29, 0.717) is 0 Å². The van der Waals surface area contributed by atoms with Crippen LogP contribution in [0.5, 0.6) is 0 Å². The number of hydrogen-bond donors (Lipinski definition) is 2. The van der Waals surface area contributed by atoms with Gasteiger partial charge in [-0.1, -0.05) is 42.5 Å². The maximum absolute atomic E-state index is 13.0. The Morgan fingerprint density at radius 2 is 1.88 bits per heavy atom. The first kappa shape index (κ1) is 17.1. The van der Waals surface area contributed by atoms with Crippen molar-refractivity contribution in [2.24, 2.45) is 5.10 Å². The molecule has 0 atom stereocenters. The lowest BCUT2D eigenvalue weighted by Crippen LogP contribution is -2.34. The summed E-state index contributed by atoms with van der Waals surface area (Å²) in [6, 6.07) is 14.8. The molecule has 0 spiro atoms. The highest BCUT2D eigenvalue weighted by molar-refractivity contribution is 5.96. The standard InChI is InChI=1S/C18H16FN3O2/c19-16-10-4-9-15(12-16)18(24)20-13-17(23)22-21-11-5-8-14-6-2-1-3-7-14/h1-12H,13H2,(H,20,24)(H,22,23)/b8-5+,21-11-. The molecular formula is C18H16FN3O2. The van der Waals surface area contributed by atoms with Gasteiger partial charge in [-0.15, -0.1) is 0 Å². The molecule has 0 aliphatic heterocycles. The first-order valence-corrected chi connectivity index (χ1v) is 7.22. The second-order valence-electron chi connectivity index (χ2n) is 4.78. The zero-order chi connectivity index (χ0) is 17.2. The molecule has 2 rings (SSSR count). The summed E-state index contributed by atoms with van der Waals surface area (Å²) in [6.45, 7) is -0.255. The summed E-state index contributed by atoms with van der Waals surface area (Å²) in [7, 11) is 0. The van der Waals surface area contributed by atoms with E-state index in [1.807, 2.05) is 36.4 Å². The number of halogens is 1. The fourth-order valence-electron chi connectivity index (χ4n) is 1.80. The summed E-state index contributed by atoms with van der Waals surface area (Å²) in [5.74, 6) is -1.52. The van der Waals surface area contributed by atoms with Gasteiger partial charge in [0.25, 0.3) is 11.8 Å². The maximum atomic E-state index is 13.0. The number of nitrogens with one attached hydrogen (secondary N) is 2. The fourth-order valence-corrected chi connectivity index (χ4v) is 1.80. The summed E-state index contributed by atoms with van der Waals surface area (Å²) in [5.41, 5.74) is 3.44. The lowest BCUT2D eigenvalue weighted by molar-refractivity contribution is -0.120. The summed E-state index contributed by atoms with van der Waals surface area (Å²) in [4.78, 5) is 23.3.